The molecule has 0 atom stereocenters. The third-order valence-electron chi connectivity index (χ3n) is 1.95. The van der Waals surface area contributed by atoms with Gasteiger partial charge in [0.2, 0.25) is 10.0 Å². The number of ether oxygens (including phenoxy) is 1. The molecular formula is C9H12ClNO4S2. The summed E-state index contributed by atoms with van der Waals surface area (Å²) in [7, 11) is -2.28. The van der Waals surface area contributed by atoms with Crippen molar-refractivity contribution >= 4 is 44.6 Å². The first-order valence-electron chi connectivity index (χ1n) is 4.64. The number of halogens is 1. The molecular weight excluding hydrogens is 286 g/mol. The Bertz CT molecular complexity index is 509. The van der Waals surface area contributed by atoms with Crippen molar-refractivity contribution in [1.29, 1.82) is 0 Å². The highest BCUT2D eigenvalue weighted by atomic mass is 35.5. The van der Waals surface area contributed by atoms with Gasteiger partial charge in [0.1, 0.15) is 4.88 Å². The number of carbonyl (C=O) groups excluding carboxylic acids is 1. The van der Waals surface area contributed by atoms with Gasteiger partial charge in [0.25, 0.3) is 0 Å². The molecule has 0 aromatic carbocycles. The molecule has 0 spiro atoms. The van der Waals surface area contributed by atoms with E-state index >= 15 is 0 Å². The predicted octanol–water partition coefficient (Wildman–Crippen LogP) is 1.82. The van der Waals surface area contributed by atoms with Crippen LogP contribution in [0.3, 0.4) is 0 Å². The molecule has 5 nitrogen and oxygen atoms in total. The van der Waals surface area contributed by atoms with Crippen LogP contribution in [0.2, 0.25) is 0 Å². The minimum atomic E-state index is -3.52. The van der Waals surface area contributed by atoms with E-state index in [1.54, 1.807) is 12.3 Å². The van der Waals surface area contributed by atoms with Crippen LogP contribution in [0.5, 0.6) is 0 Å². The van der Waals surface area contributed by atoms with Crippen molar-refractivity contribution in [2.24, 2.45) is 0 Å². The molecule has 0 saturated carbocycles. The zero-order valence-electron chi connectivity index (χ0n) is 9.32. The first-order chi connectivity index (χ1) is 7.91. The Morgan fingerprint density at radius 2 is 2.24 bits per heavy atom. The van der Waals surface area contributed by atoms with Gasteiger partial charge in [-0.15, -0.1) is 22.9 Å². The van der Waals surface area contributed by atoms with Gasteiger partial charge in [-0.2, -0.15) is 0 Å². The molecule has 1 rings (SSSR count). The van der Waals surface area contributed by atoms with Crippen molar-refractivity contribution in [3.05, 3.63) is 15.8 Å². The molecule has 0 radical (unpaired) electrons. The number of nitrogens with one attached hydrogen (secondary N) is 1. The summed E-state index contributed by atoms with van der Waals surface area (Å²) in [5, 5.41) is 1.69. The van der Waals surface area contributed by atoms with Crippen molar-refractivity contribution in [3.8, 4) is 0 Å². The van der Waals surface area contributed by atoms with Crippen LogP contribution in [0, 0.1) is 6.92 Å². The summed E-state index contributed by atoms with van der Waals surface area (Å²) < 4.78 is 30.1. The molecule has 96 valence electrons. The normalized spacial score (nSPS) is 11.2. The molecule has 1 N–H and O–H groups in total. The maximum atomic E-state index is 11.6. The van der Waals surface area contributed by atoms with Crippen molar-refractivity contribution in [1.82, 2.24) is 0 Å². The predicted molar refractivity (Wildman–Crippen MR) is 68.5 cm³/mol. The van der Waals surface area contributed by atoms with Gasteiger partial charge in [0.05, 0.1) is 18.6 Å². The van der Waals surface area contributed by atoms with Crippen LogP contribution >= 0.6 is 22.9 Å². The average molecular weight is 298 g/mol. The molecule has 0 aliphatic carbocycles. The van der Waals surface area contributed by atoms with Crippen LogP contribution in [-0.2, 0) is 14.8 Å². The van der Waals surface area contributed by atoms with E-state index in [4.69, 9.17) is 11.6 Å². The van der Waals surface area contributed by atoms with E-state index in [1.807, 2.05) is 0 Å². The minimum Gasteiger partial charge on any atom is -0.465 e. The summed E-state index contributed by atoms with van der Waals surface area (Å²) in [5.74, 6) is -0.775. The average Bonchev–Trinajstić information content (AvgIpc) is 2.59. The lowest BCUT2D eigenvalue weighted by molar-refractivity contribution is 0.0607. The van der Waals surface area contributed by atoms with E-state index in [9.17, 15) is 13.2 Å². The topological polar surface area (TPSA) is 72.5 Å². The van der Waals surface area contributed by atoms with Crippen LogP contribution < -0.4 is 4.72 Å². The van der Waals surface area contributed by atoms with E-state index in [0.717, 1.165) is 11.3 Å². The fourth-order valence-corrected chi connectivity index (χ4v) is 3.60. The lowest BCUT2D eigenvalue weighted by Crippen LogP contribution is -2.19. The van der Waals surface area contributed by atoms with Crippen molar-refractivity contribution in [2.45, 2.75) is 6.92 Å². The molecule has 0 saturated heterocycles. The van der Waals surface area contributed by atoms with Crippen LogP contribution in [0.4, 0.5) is 5.69 Å². The summed E-state index contributed by atoms with van der Waals surface area (Å²) in [6.07, 6.45) is 0. The number of alkyl halides is 1. The van der Waals surface area contributed by atoms with Gasteiger partial charge in [0.15, 0.2) is 0 Å². The van der Waals surface area contributed by atoms with Crippen molar-refractivity contribution in [2.75, 3.05) is 23.5 Å². The van der Waals surface area contributed by atoms with Crippen LogP contribution in [-0.4, -0.2) is 33.1 Å². The number of hydrogen-bond donors (Lipinski definition) is 1. The van der Waals surface area contributed by atoms with Gasteiger partial charge in [-0.3, -0.25) is 4.72 Å². The van der Waals surface area contributed by atoms with Crippen molar-refractivity contribution < 1.29 is 17.9 Å². The number of rotatable bonds is 5. The number of hydrogen-bond acceptors (Lipinski definition) is 5. The molecule has 0 aliphatic heterocycles. The molecule has 8 heteroatoms. The van der Waals surface area contributed by atoms with E-state index in [1.165, 1.54) is 7.11 Å². The number of carbonyl (C=O) groups is 1. The summed E-state index contributed by atoms with van der Waals surface area (Å²) in [5.41, 5.74) is 0.945. The molecule has 1 heterocycles. The molecule has 0 unspecified atom stereocenters. The van der Waals surface area contributed by atoms with E-state index in [-0.39, 0.29) is 22.2 Å². The van der Waals surface area contributed by atoms with Gasteiger partial charge >= 0.3 is 5.97 Å². The standard InChI is InChI=1S/C9H12ClNO4S2/c1-6-5-16-8(9(12)15-2)7(6)11-17(13,14)4-3-10/h5,11H,3-4H2,1-2H3. The van der Waals surface area contributed by atoms with Crippen LogP contribution in [0.1, 0.15) is 15.2 Å². The lowest BCUT2D eigenvalue weighted by atomic mass is 10.3. The number of methoxy groups -OCH3 is 1. The molecule has 1 aromatic rings. The first-order valence-corrected chi connectivity index (χ1v) is 7.70. The van der Waals surface area contributed by atoms with Gasteiger partial charge in [0, 0.05) is 5.88 Å². The molecule has 0 bridgehead atoms. The number of aryl methyl sites for hydroxylation is 1. The quantitative estimate of drug-likeness (QED) is 0.665. The maximum absolute atomic E-state index is 11.6. The Hall–Kier alpha value is -0.790. The van der Waals surface area contributed by atoms with Crippen LogP contribution in [0.25, 0.3) is 0 Å². The Balaban J connectivity index is 3.06. The first kappa shape index (κ1) is 14.3. The SMILES string of the molecule is COC(=O)c1scc(C)c1NS(=O)(=O)CCCl. The van der Waals surface area contributed by atoms with Gasteiger partial charge in [-0.1, -0.05) is 0 Å². The van der Waals surface area contributed by atoms with E-state index in [0.29, 0.717) is 5.56 Å². The Morgan fingerprint density at radius 3 is 2.76 bits per heavy atom. The van der Waals surface area contributed by atoms with Crippen molar-refractivity contribution in [3.63, 3.8) is 0 Å². The van der Waals surface area contributed by atoms with Gasteiger partial charge in [-0.25, -0.2) is 13.2 Å². The van der Waals surface area contributed by atoms with E-state index < -0.39 is 16.0 Å². The van der Waals surface area contributed by atoms with E-state index in [2.05, 4.69) is 9.46 Å². The number of thiophene rings is 1. The molecule has 0 amide bonds. The summed E-state index contributed by atoms with van der Waals surface area (Å²) in [4.78, 5) is 11.7. The third kappa shape index (κ3) is 3.58. The number of sulfonamides is 1. The van der Waals surface area contributed by atoms with Crippen LogP contribution in [0.15, 0.2) is 5.38 Å². The minimum absolute atomic E-state index is 0.00786. The second kappa shape index (κ2) is 5.70. The monoisotopic (exact) mass is 297 g/mol. The smallest absolute Gasteiger partial charge is 0.350 e. The second-order valence-electron chi connectivity index (χ2n) is 3.22. The second-order valence-corrected chi connectivity index (χ2v) is 6.32. The zero-order valence-corrected chi connectivity index (χ0v) is 11.7. The van der Waals surface area contributed by atoms with Gasteiger partial charge < -0.3 is 4.74 Å². The summed E-state index contributed by atoms with van der Waals surface area (Å²) in [6.45, 7) is 1.71. The molecule has 0 fully saturated rings. The Labute approximate surface area is 109 Å². The molecule has 1 aromatic heterocycles. The highest BCUT2D eigenvalue weighted by Crippen LogP contribution is 2.29. The van der Waals surface area contributed by atoms with Gasteiger partial charge in [-0.05, 0) is 17.9 Å². The number of esters is 1. The number of anilines is 1. The summed E-state index contributed by atoms with van der Waals surface area (Å²) in [6, 6.07) is 0. The third-order valence-corrected chi connectivity index (χ3v) is 4.70. The fraction of sp³-hybridized carbons (Fsp3) is 0.444. The molecule has 0 aliphatic rings. The lowest BCUT2D eigenvalue weighted by Gasteiger charge is -2.08. The maximum Gasteiger partial charge on any atom is 0.350 e. The molecule has 17 heavy (non-hydrogen) atoms. The highest BCUT2D eigenvalue weighted by molar-refractivity contribution is 7.92. The highest BCUT2D eigenvalue weighted by Gasteiger charge is 2.20. The Morgan fingerprint density at radius 1 is 1.59 bits per heavy atom. The zero-order chi connectivity index (χ0) is 13.1. The fourth-order valence-electron chi connectivity index (χ4n) is 1.12. The largest absolute Gasteiger partial charge is 0.465 e. The summed E-state index contributed by atoms with van der Waals surface area (Å²) >= 11 is 6.52. The Kier molecular flexibility index (Phi) is 4.79.